The van der Waals surface area contributed by atoms with Crippen molar-refractivity contribution in [3.8, 4) is 0 Å². The van der Waals surface area contributed by atoms with Gasteiger partial charge in [0.05, 0.1) is 10.8 Å². The van der Waals surface area contributed by atoms with E-state index in [1.54, 1.807) is 0 Å². The lowest BCUT2D eigenvalue weighted by atomic mass is 10.00. The van der Waals surface area contributed by atoms with Gasteiger partial charge in [-0.3, -0.25) is 4.79 Å². The number of hydrogen-bond acceptors (Lipinski definition) is 3. The first-order valence-corrected chi connectivity index (χ1v) is 7.97. The Labute approximate surface area is 123 Å². The molecule has 1 unspecified atom stereocenters. The summed E-state index contributed by atoms with van der Waals surface area (Å²) in [6, 6.07) is 7.60. The number of hydrogen-bond donors (Lipinski definition) is 2. The van der Waals surface area contributed by atoms with Gasteiger partial charge in [-0.05, 0) is 44.0 Å². The molecule has 0 spiro atoms. The van der Waals surface area contributed by atoms with Crippen LogP contribution in [-0.4, -0.2) is 31.3 Å². The predicted octanol–water partition coefficient (Wildman–Crippen LogP) is 2.55. The van der Waals surface area contributed by atoms with E-state index in [9.17, 15) is 4.79 Å². The van der Waals surface area contributed by atoms with Crippen LogP contribution in [0.1, 0.15) is 12.8 Å². The third-order valence-electron chi connectivity index (χ3n) is 3.18. The first-order valence-electron chi connectivity index (χ1n) is 6.60. The third-order valence-corrected chi connectivity index (χ3v) is 4.70. The Morgan fingerprint density at radius 1 is 1.47 bits per heavy atom. The molecule has 3 nitrogen and oxygen atoms in total. The SMILES string of the molecule is O=C(CSc1ccccc1Cl)NCC1CCCNC1. The van der Waals surface area contributed by atoms with Crippen molar-refractivity contribution >= 4 is 29.3 Å². The van der Waals surface area contributed by atoms with E-state index in [4.69, 9.17) is 11.6 Å². The topological polar surface area (TPSA) is 41.1 Å². The van der Waals surface area contributed by atoms with E-state index in [-0.39, 0.29) is 5.91 Å². The fourth-order valence-corrected chi connectivity index (χ4v) is 3.18. The largest absolute Gasteiger partial charge is 0.355 e. The minimum atomic E-state index is 0.0792. The molecule has 1 aromatic carbocycles. The summed E-state index contributed by atoms with van der Waals surface area (Å²) in [5, 5.41) is 7.05. The summed E-state index contributed by atoms with van der Waals surface area (Å²) in [4.78, 5) is 12.7. The molecule has 1 fully saturated rings. The molecule has 1 saturated heterocycles. The van der Waals surface area contributed by atoms with Gasteiger partial charge in [-0.15, -0.1) is 11.8 Å². The summed E-state index contributed by atoms with van der Waals surface area (Å²) in [6.07, 6.45) is 2.40. The van der Waals surface area contributed by atoms with Gasteiger partial charge in [0, 0.05) is 11.4 Å². The van der Waals surface area contributed by atoms with Gasteiger partial charge in [0.2, 0.25) is 5.91 Å². The second-order valence-corrected chi connectivity index (χ2v) is 6.16. The molecule has 5 heteroatoms. The monoisotopic (exact) mass is 298 g/mol. The highest BCUT2D eigenvalue weighted by Crippen LogP contribution is 2.26. The number of piperidine rings is 1. The van der Waals surface area contributed by atoms with Gasteiger partial charge >= 0.3 is 0 Å². The molecule has 1 atom stereocenters. The van der Waals surface area contributed by atoms with Crippen molar-refractivity contribution in [1.29, 1.82) is 0 Å². The number of halogens is 1. The van der Waals surface area contributed by atoms with E-state index in [0.29, 0.717) is 16.7 Å². The highest BCUT2D eigenvalue weighted by Gasteiger charge is 2.14. The van der Waals surface area contributed by atoms with Crippen molar-refractivity contribution in [2.45, 2.75) is 17.7 Å². The number of nitrogens with one attached hydrogen (secondary N) is 2. The molecular weight excluding hydrogens is 280 g/mol. The Balaban J connectivity index is 1.68. The van der Waals surface area contributed by atoms with E-state index in [0.717, 1.165) is 24.5 Å². The number of rotatable bonds is 5. The van der Waals surface area contributed by atoms with Crippen LogP contribution in [0, 0.1) is 5.92 Å². The molecule has 19 heavy (non-hydrogen) atoms. The number of amides is 1. The van der Waals surface area contributed by atoms with Gasteiger partial charge < -0.3 is 10.6 Å². The van der Waals surface area contributed by atoms with E-state index in [2.05, 4.69) is 10.6 Å². The van der Waals surface area contributed by atoms with Crippen LogP contribution in [0.2, 0.25) is 5.02 Å². The fourth-order valence-electron chi connectivity index (χ4n) is 2.11. The van der Waals surface area contributed by atoms with Crippen molar-refractivity contribution < 1.29 is 4.79 Å². The number of thioether (sulfide) groups is 1. The smallest absolute Gasteiger partial charge is 0.230 e. The second kappa shape index (κ2) is 7.78. The average Bonchev–Trinajstić information content (AvgIpc) is 2.45. The second-order valence-electron chi connectivity index (χ2n) is 4.74. The van der Waals surface area contributed by atoms with Crippen LogP contribution in [0.15, 0.2) is 29.2 Å². The van der Waals surface area contributed by atoms with E-state index < -0.39 is 0 Å². The molecule has 2 N–H and O–H groups in total. The van der Waals surface area contributed by atoms with Gasteiger partial charge in [-0.1, -0.05) is 23.7 Å². The predicted molar refractivity (Wildman–Crippen MR) is 80.8 cm³/mol. The normalized spacial score (nSPS) is 19.1. The molecule has 0 bridgehead atoms. The quantitative estimate of drug-likeness (QED) is 0.821. The average molecular weight is 299 g/mol. The number of carbonyl (C=O) groups is 1. The van der Waals surface area contributed by atoms with Crippen LogP contribution < -0.4 is 10.6 Å². The lowest BCUT2D eigenvalue weighted by molar-refractivity contribution is -0.118. The summed E-state index contributed by atoms with van der Waals surface area (Å²) in [6.45, 7) is 2.89. The van der Waals surface area contributed by atoms with Gasteiger partial charge in [0.15, 0.2) is 0 Å². The zero-order chi connectivity index (χ0) is 13.5. The summed E-state index contributed by atoms with van der Waals surface area (Å²) in [5.41, 5.74) is 0. The van der Waals surface area contributed by atoms with Crippen LogP contribution in [0.25, 0.3) is 0 Å². The molecular formula is C14H19ClN2OS. The van der Waals surface area contributed by atoms with Crippen molar-refractivity contribution in [2.75, 3.05) is 25.4 Å². The Bertz CT molecular complexity index is 422. The highest BCUT2D eigenvalue weighted by molar-refractivity contribution is 8.00. The number of carbonyl (C=O) groups excluding carboxylic acids is 1. The van der Waals surface area contributed by atoms with Crippen LogP contribution in [0.5, 0.6) is 0 Å². The zero-order valence-electron chi connectivity index (χ0n) is 10.8. The molecule has 0 aliphatic carbocycles. The Kier molecular flexibility index (Phi) is 6.01. The molecule has 0 aromatic heterocycles. The van der Waals surface area contributed by atoms with Crippen molar-refractivity contribution in [2.24, 2.45) is 5.92 Å². The van der Waals surface area contributed by atoms with E-state index in [1.165, 1.54) is 24.6 Å². The van der Waals surface area contributed by atoms with E-state index >= 15 is 0 Å². The molecule has 2 rings (SSSR count). The molecule has 1 heterocycles. The zero-order valence-corrected chi connectivity index (χ0v) is 12.4. The molecule has 1 aromatic rings. The van der Waals surface area contributed by atoms with Gasteiger partial charge in [-0.25, -0.2) is 0 Å². The fraction of sp³-hybridized carbons (Fsp3) is 0.500. The van der Waals surface area contributed by atoms with E-state index in [1.807, 2.05) is 24.3 Å². The summed E-state index contributed by atoms with van der Waals surface area (Å²) < 4.78 is 0. The van der Waals surface area contributed by atoms with Crippen molar-refractivity contribution in [3.05, 3.63) is 29.3 Å². The molecule has 104 valence electrons. The maximum Gasteiger partial charge on any atom is 0.230 e. The minimum Gasteiger partial charge on any atom is -0.355 e. The summed E-state index contributed by atoms with van der Waals surface area (Å²) in [7, 11) is 0. The molecule has 1 aliphatic heterocycles. The molecule has 0 saturated carbocycles. The standard InChI is InChI=1S/C14H19ClN2OS/c15-12-5-1-2-6-13(12)19-10-14(18)17-9-11-4-3-7-16-8-11/h1-2,5-6,11,16H,3-4,7-10H2,(H,17,18). The molecule has 1 amide bonds. The summed E-state index contributed by atoms with van der Waals surface area (Å²) >= 11 is 7.53. The molecule has 0 radical (unpaired) electrons. The van der Waals surface area contributed by atoms with Crippen LogP contribution in [0.4, 0.5) is 0 Å². The first kappa shape index (κ1) is 14.7. The van der Waals surface area contributed by atoms with Crippen LogP contribution in [-0.2, 0) is 4.79 Å². The van der Waals surface area contributed by atoms with Gasteiger partial charge in [-0.2, -0.15) is 0 Å². The lowest BCUT2D eigenvalue weighted by Gasteiger charge is -2.22. The highest BCUT2D eigenvalue weighted by atomic mass is 35.5. The van der Waals surface area contributed by atoms with Crippen molar-refractivity contribution in [3.63, 3.8) is 0 Å². The minimum absolute atomic E-state index is 0.0792. The Hall–Kier alpha value is -0.710. The van der Waals surface area contributed by atoms with Crippen LogP contribution >= 0.6 is 23.4 Å². The van der Waals surface area contributed by atoms with Gasteiger partial charge in [0.1, 0.15) is 0 Å². The third kappa shape index (κ3) is 5.05. The van der Waals surface area contributed by atoms with Gasteiger partial charge in [0.25, 0.3) is 0 Å². The summed E-state index contributed by atoms with van der Waals surface area (Å²) in [5.74, 6) is 1.07. The lowest BCUT2D eigenvalue weighted by Crippen LogP contribution is -2.38. The maximum atomic E-state index is 11.8. The first-order chi connectivity index (χ1) is 9.25. The number of benzene rings is 1. The van der Waals surface area contributed by atoms with Crippen molar-refractivity contribution in [1.82, 2.24) is 10.6 Å². The molecule has 1 aliphatic rings. The Morgan fingerprint density at radius 3 is 3.05 bits per heavy atom. The maximum absolute atomic E-state index is 11.8. The van der Waals surface area contributed by atoms with Crippen LogP contribution in [0.3, 0.4) is 0 Å². The Morgan fingerprint density at radius 2 is 2.32 bits per heavy atom.